The molecule has 3 aromatic rings. The van der Waals surface area contributed by atoms with E-state index < -0.39 is 21.3 Å². The first-order valence-electron chi connectivity index (χ1n) is 11.5. The highest BCUT2D eigenvalue weighted by molar-refractivity contribution is 7.89. The van der Waals surface area contributed by atoms with Crippen molar-refractivity contribution in [3.63, 3.8) is 0 Å². The molecule has 12 heteroatoms. The Morgan fingerprint density at radius 2 is 1.76 bits per heavy atom. The van der Waals surface area contributed by atoms with Crippen LogP contribution in [0.15, 0.2) is 38.8 Å². The summed E-state index contributed by atoms with van der Waals surface area (Å²) in [5.41, 5.74) is 0.236. The molecule has 34 heavy (non-hydrogen) atoms. The van der Waals surface area contributed by atoms with E-state index in [0.717, 1.165) is 35.8 Å². The number of nitrogens with one attached hydrogen (secondary N) is 1. The summed E-state index contributed by atoms with van der Waals surface area (Å²) in [4.78, 5) is 30.9. The van der Waals surface area contributed by atoms with Gasteiger partial charge in [-0.25, -0.2) is 18.4 Å². The van der Waals surface area contributed by atoms with E-state index in [4.69, 9.17) is 5.14 Å². The number of aliphatic hydroxyl groups is 1. The zero-order chi connectivity index (χ0) is 24.5. The molecular weight excluding hydrogens is 460 g/mol. The first-order valence-corrected chi connectivity index (χ1v) is 13.0. The predicted octanol–water partition coefficient (Wildman–Crippen LogP) is 0.812. The second-order valence-electron chi connectivity index (χ2n) is 8.57. The molecule has 0 radical (unpaired) electrons. The van der Waals surface area contributed by atoms with Crippen LogP contribution in [0.5, 0.6) is 0 Å². The summed E-state index contributed by atoms with van der Waals surface area (Å²) in [6.45, 7) is 1.86. The van der Waals surface area contributed by atoms with E-state index in [-0.39, 0.29) is 48.3 Å². The summed E-state index contributed by atoms with van der Waals surface area (Å²) in [6, 6.07) is 6.31. The van der Waals surface area contributed by atoms with Crippen LogP contribution in [0.4, 0.5) is 5.95 Å². The average Bonchev–Trinajstić information content (AvgIpc) is 3.15. The van der Waals surface area contributed by atoms with Gasteiger partial charge in [-0.2, -0.15) is 4.98 Å². The van der Waals surface area contributed by atoms with Crippen molar-refractivity contribution in [2.75, 3.05) is 11.9 Å². The van der Waals surface area contributed by atoms with Crippen LogP contribution in [-0.2, 0) is 29.7 Å². The predicted molar refractivity (Wildman–Crippen MR) is 128 cm³/mol. The van der Waals surface area contributed by atoms with Crippen molar-refractivity contribution in [1.82, 2.24) is 18.7 Å². The number of hydrogen-bond acceptors (Lipinski definition) is 7. The van der Waals surface area contributed by atoms with Gasteiger partial charge in [0.2, 0.25) is 16.0 Å². The number of rotatable bonds is 8. The molecule has 184 valence electrons. The maximum Gasteiger partial charge on any atom is 0.332 e. The number of nitrogens with two attached hydrogens (primary N) is 1. The summed E-state index contributed by atoms with van der Waals surface area (Å²) in [5.74, 6) is 0.467. The number of anilines is 1. The molecule has 0 saturated heterocycles. The number of nitrogens with zero attached hydrogens (tertiary/aromatic N) is 4. The number of hydrogen-bond donors (Lipinski definition) is 3. The Hall–Kier alpha value is -2.96. The summed E-state index contributed by atoms with van der Waals surface area (Å²) in [6.07, 6.45) is 5.35. The zero-order valence-electron chi connectivity index (χ0n) is 19.1. The largest absolute Gasteiger partial charge is 0.395 e. The van der Waals surface area contributed by atoms with Crippen LogP contribution >= 0.6 is 0 Å². The Morgan fingerprint density at radius 1 is 1.09 bits per heavy atom. The fourth-order valence-electron chi connectivity index (χ4n) is 4.53. The van der Waals surface area contributed by atoms with Gasteiger partial charge in [0.25, 0.3) is 5.56 Å². The highest BCUT2D eigenvalue weighted by Crippen LogP contribution is 2.24. The van der Waals surface area contributed by atoms with E-state index in [1.165, 1.54) is 23.1 Å². The quantitative estimate of drug-likeness (QED) is 0.422. The Morgan fingerprint density at radius 3 is 2.35 bits per heavy atom. The third-order valence-corrected chi connectivity index (χ3v) is 7.21. The zero-order valence-corrected chi connectivity index (χ0v) is 19.9. The standard InChI is InChI=1S/C22H30N6O5S/c1-2-26-20(30)18-19(27(12-13-29)22(26)31)25-21(24-16-6-4-3-5-7-16)28(18)14-15-8-10-17(11-9-15)34(23,32)33/h8-11,16,29H,2-7,12-14H2,1H3,(H,24,25)(H2,23,32,33). The number of aromatic nitrogens is 4. The lowest BCUT2D eigenvalue weighted by Crippen LogP contribution is -2.40. The van der Waals surface area contributed by atoms with Gasteiger partial charge < -0.3 is 10.4 Å². The topological polar surface area (TPSA) is 154 Å². The Labute approximate surface area is 196 Å². The van der Waals surface area contributed by atoms with E-state index in [2.05, 4.69) is 10.3 Å². The minimum Gasteiger partial charge on any atom is -0.395 e. The average molecular weight is 491 g/mol. The molecule has 11 nitrogen and oxygen atoms in total. The van der Waals surface area contributed by atoms with Crippen molar-refractivity contribution in [1.29, 1.82) is 0 Å². The molecule has 2 heterocycles. The number of benzene rings is 1. The van der Waals surface area contributed by atoms with Crippen LogP contribution in [0.1, 0.15) is 44.6 Å². The lowest BCUT2D eigenvalue weighted by molar-refractivity contribution is 0.274. The smallest absolute Gasteiger partial charge is 0.332 e. The van der Waals surface area contributed by atoms with E-state index in [9.17, 15) is 23.1 Å². The molecule has 0 unspecified atom stereocenters. The summed E-state index contributed by atoms with van der Waals surface area (Å²) in [7, 11) is -3.82. The SMILES string of the molecule is CCn1c(=O)c2c(nc(NC3CCCCC3)n2Cc2ccc(S(N)(=O)=O)cc2)n(CCO)c1=O. The highest BCUT2D eigenvalue weighted by Gasteiger charge is 2.23. The van der Waals surface area contributed by atoms with Crippen molar-refractivity contribution >= 4 is 27.1 Å². The Bertz CT molecular complexity index is 1400. The molecule has 1 saturated carbocycles. The van der Waals surface area contributed by atoms with Crippen molar-refractivity contribution < 1.29 is 13.5 Å². The van der Waals surface area contributed by atoms with Crippen LogP contribution in [0.3, 0.4) is 0 Å². The normalized spacial score (nSPS) is 15.1. The molecule has 1 fully saturated rings. The first-order chi connectivity index (χ1) is 16.2. The molecule has 0 spiro atoms. The van der Waals surface area contributed by atoms with Gasteiger partial charge in [0, 0.05) is 12.6 Å². The number of fused-ring (bicyclic) bond motifs is 1. The lowest BCUT2D eigenvalue weighted by atomic mass is 9.96. The van der Waals surface area contributed by atoms with Gasteiger partial charge in [0.05, 0.1) is 24.6 Å². The molecule has 2 aromatic heterocycles. The minimum atomic E-state index is -3.82. The van der Waals surface area contributed by atoms with E-state index >= 15 is 0 Å². The van der Waals surface area contributed by atoms with Gasteiger partial charge >= 0.3 is 5.69 Å². The minimum absolute atomic E-state index is 0.00239. The van der Waals surface area contributed by atoms with Gasteiger partial charge in [0.1, 0.15) is 0 Å². The third-order valence-electron chi connectivity index (χ3n) is 6.29. The number of imidazole rings is 1. The van der Waals surface area contributed by atoms with Gasteiger partial charge in [-0.3, -0.25) is 18.5 Å². The number of primary sulfonamides is 1. The maximum atomic E-state index is 13.3. The molecule has 0 bridgehead atoms. The molecular formula is C22H30N6O5S. The second kappa shape index (κ2) is 9.72. The Kier molecular flexibility index (Phi) is 6.91. The van der Waals surface area contributed by atoms with Crippen LogP contribution in [0, 0.1) is 0 Å². The van der Waals surface area contributed by atoms with E-state index in [1.54, 1.807) is 23.6 Å². The fraction of sp³-hybridized carbons (Fsp3) is 0.500. The summed E-state index contributed by atoms with van der Waals surface area (Å²) < 4.78 is 27.4. The molecule has 1 aliphatic carbocycles. The molecule has 4 rings (SSSR count). The van der Waals surface area contributed by atoms with Gasteiger partial charge in [0.15, 0.2) is 11.2 Å². The van der Waals surface area contributed by atoms with Crippen LogP contribution in [-0.4, -0.2) is 44.9 Å². The van der Waals surface area contributed by atoms with Gasteiger partial charge in [-0.15, -0.1) is 0 Å². The van der Waals surface area contributed by atoms with Gasteiger partial charge in [-0.05, 0) is 37.5 Å². The monoisotopic (exact) mass is 490 g/mol. The number of aliphatic hydroxyl groups excluding tert-OH is 1. The molecule has 0 aliphatic heterocycles. The van der Waals surface area contributed by atoms with E-state index in [0.29, 0.717) is 5.95 Å². The van der Waals surface area contributed by atoms with Crippen molar-refractivity contribution in [3.8, 4) is 0 Å². The third kappa shape index (κ3) is 4.65. The molecule has 1 aromatic carbocycles. The molecule has 0 amide bonds. The van der Waals surface area contributed by atoms with Crippen LogP contribution < -0.4 is 21.7 Å². The molecule has 0 atom stereocenters. The highest BCUT2D eigenvalue weighted by atomic mass is 32.2. The van der Waals surface area contributed by atoms with Crippen molar-refractivity contribution in [2.45, 2.75) is 69.6 Å². The second-order valence-corrected chi connectivity index (χ2v) is 10.1. The van der Waals surface area contributed by atoms with Crippen LogP contribution in [0.25, 0.3) is 11.2 Å². The first kappa shape index (κ1) is 24.2. The molecule has 1 aliphatic rings. The fourth-order valence-corrected chi connectivity index (χ4v) is 5.05. The maximum absolute atomic E-state index is 13.3. The molecule has 4 N–H and O–H groups in total. The summed E-state index contributed by atoms with van der Waals surface area (Å²) in [5, 5.41) is 18.2. The van der Waals surface area contributed by atoms with Gasteiger partial charge in [-0.1, -0.05) is 31.4 Å². The number of sulfonamides is 1. The lowest BCUT2D eigenvalue weighted by Gasteiger charge is -2.23. The van der Waals surface area contributed by atoms with E-state index in [1.807, 2.05) is 0 Å². The van der Waals surface area contributed by atoms with Crippen molar-refractivity contribution in [2.24, 2.45) is 5.14 Å². The van der Waals surface area contributed by atoms with Crippen molar-refractivity contribution in [3.05, 3.63) is 50.7 Å². The Balaban J connectivity index is 1.89. The van der Waals surface area contributed by atoms with Crippen LogP contribution in [0.2, 0.25) is 0 Å². The summed E-state index contributed by atoms with van der Waals surface area (Å²) >= 11 is 0.